The number of nitrogens with zero attached hydrogens (tertiary/aromatic N) is 5. The Morgan fingerprint density at radius 1 is 1.16 bits per heavy atom. The van der Waals surface area contributed by atoms with Crippen LogP contribution in [0.3, 0.4) is 0 Å². The number of aromatic nitrogens is 2. The molecule has 1 aliphatic heterocycles. The van der Waals surface area contributed by atoms with Gasteiger partial charge in [0, 0.05) is 53.8 Å². The van der Waals surface area contributed by atoms with E-state index in [1.807, 2.05) is 0 Å². The molecule has 2 aromatic carbocycles. The van der Waals surface area contributed by atoms with Crippen molar-refractivity contribution < 1.29 is 36.7 Å². The van der Waals surface area contributed by atoms with Gasteiger partial charge in [-0.25, -0.2) is 18.7 Å². The third-order valence-corrected chi connectivity index (χ3v) is 7.50. The number of hydrogen-bond donors (Lipinski definition) is 1. The average Bonchev–Trinajstić information content (AvgIpc) is 3.36. The van der Waals surface area contributed by atoms with Gasteiger partial charge in [-0.05, 0) is 30.7 Å². The second-order valence-electron chi connectivity index (χ2n) is 10.1. The molecule has 1 aromatic heterocycles. The molecule has 1 N–H and O–H groups in total. The molecule has 3 aromatic rings. The first-order chi connectivity index (χ1) is 21.0. The second kappa shape index (κ2) is 12.5. The minimum Gasteiger partial charge on any atom is -0.435 e. The summed E-state index contributed by atoms with van der Waals surface area (Å²) in [6.07, 6.45) is -0.123. The predicted molar refractivity (Wildman–Crippen MR) is 150 cm³/mol. The third-order valence-electron chi connectivity index (χ3n) is 7.16. The maximum absolute atomic E-state index is 14.6. The van der Waals surface area contributed by atoms with Crippen LogP contribution in [0, 0.1) is 6.57 Å². The van der Waals surface area contributed by atoms with E-state index >= 15 is 0 Å². The maximum Gasteiger partial charge on any atom is 0.387 e. The van der Waals surface area contributed by atoms with Crippen molar-refractivity contribution in [3.63, 3.8) is 0 Å². The summed E-state index contributed by atoms with van der Waals surface area (Å²) in [4.78, 5) is 54.8. The van der Waals surface area contributed by atoms with E-state index in [1.165, 1.54) is 42.6 Å². The molecule has 1 saturated carbocycles. The number of benzene rings is 2. The van der Waals surface area contributed by atoms with Crippen molar-refractivity contribution in [1.82, 2.24) is 15.3 Å². The molecule has 1 aliphatic carbocycles. The van der Waals surface area contributed by atoms with Gasteiger partial charge in [-0.2, -0.15) is 8.78 Å². The van der Waals surface area contributed by atoms with Crippen LogP contribution < -0.4 is 19.9 Å². The fraction of sp³-hybridized carbons (Fsp3) is 0.310. The van der Waals surface area contributed by atoms with Gasteiger partial charge in [-0.15, -0.1) is 0 Å². The van der Waals surface area contributed by atoms with E-state index in [2.05, 4.69) is 24.9 Å². The maximum atomic E-state index is 14.6. The Bertz CT molecular complexity index is 1630. The Hall–Kier alpha value is -4.77. The Morgan fingerprint density at radius 3 is 2.59 bits per heavy atom. The van der Waals surface area contributed by atoms with Crippen LogP contribution >= 0.6 is 11.6 Å². The van der Waals surface area contributed by atoms with Crippen LogP contribution in [0.4, 0.5) is 35.0 Å². The van der Waals surface area contributed by atoms with Crippen LogP contribution in [0.25, 0.3) is 4.85 Å². The van der Waals surface area contributed by atoms with Crippen molar-refractivity contribution in [1.29, 1.82) is 0 Å². The quantitative estimate of drug-likeness (QED) is 0.248. The fourth-order valence-electron chi connectivity index (χ4n) is 5.20. The van der Waals surface area contributed by atoms with Gasteiger partial charge in [-0.3, -0.25) is 19.3 Å². The molecule has 228 valence electrons. The van der Waals surface area contributed by atoms with Gasteiger partial charge in [0.15, 0.2) is 0 Å². The van der Waals surface area contributed by atoms with Gasteiger partial charge in [-0.1, -0.05) is 47.4 Å². The number of ether oxygens (including phenoxy) is 1. The van der Waals surface area contributed by atoms with Crippen LogP contribution in [-0.4, -0.2) is 52.3 Å². The average molecular weight is 631 g/mol. The van der Waals surface area contributed by atoms with E-state index in [0.29, 0.717) is 0 Å². The number of anilines is 2. The summed E-state index contributed by atoms with van der Waals surface area (Å²) in [5, 5.41) is 2.60. The van der Waals surface area contributed by atoms with Gasteiger partial charge in [0.25, 0.3) is 17.6 Å². The minimum absolute atomic E-state index is 0.0430. The SMILES string of the molecule is [C-]#[N+]c1ccnc(N2C(=O)CC[C@H]2C(=O)N(c2cccc(OC(F)F)c2)[C@H](C(=O)NC2CC(F)(F)C2)c2ccccc2Cl)n1. The summed E-state index contributed by atoms with van der Waals surface area (Å²) in [6, 6.07) is 8.58. The number of carbonyl (C=O) groups excluding carboxylic acids is 3. The first kappa shape index (κ1) is 30.7. The van der Waals surface area contributed by atoms with Crippen LogP contribution in [0.2, 0.25) is 5.02 Å². The first-order valence-corrected chi connectivity index (χ1v) is 13.7. The molecule has 0 spiro atoms. The van der Waals surface area contributed by atoms with Crippen molar-refractivity contribution in [2.45, 2.75) is 56.3 Å². The molecular formula is C29H23ClF4N6O4. The zero-order valence-electron chi connectivity index (χ0n) is 22.7. The number of carbonyl (C=O) groups is 3. The fourth-order valence-corrected chi connectivity index (χ4v) is 5.44. The first-order valence-electron chi connectivity index (χ1n) is 13.3. The van der Waals surface area contributed by atoms with Crippen molar-refractivity contribution in [3.8, 4) is 5.75 Å². The number of halogens is 5. The van der Waals surface area contributed by atoms with Gasteiger partial charge < -0.3 is 14.9 Å². The summed E-state index contributed by atoms with van der Waals surface area (Å²) >= 11 is 6.50. The molecule has 15 heteroatoms. The Balaban J connectivity index is 1.63. The Morgan fingerprint density at radius 2 is 1.91 bits per heavy atom. The van der Waals surface area contributed by atoms with Gasteiger partial charge in [0.2, 0.25) is 11.8 Å². The molecule has 2 fully saturated rings. The Kier molecular flexibility index (Phi) is 8.68. The standard InChI is InChI=1S/C29H23ClF4N6O4/c1-35-22-11-12-36-28(38-22)40-21(9-10-23(40)41)26(43)39(17-5-4-6-18(13-17)44-27(31)32)24(19-7-2-3-8-20(19)30)25(42)37-16-14-29(33,34)15-16/h2-8,11-13,16,21,24,27H,9-10,14-15H2,(H,37,42)/t21-,24-/m0/s1. The minimum atomic E-state index is -3.20. The second-order valence-corrected chi connectivity index (χ2v) is 10.5. The molecular weight excluding hydrogens is 608 g/mol. The molecule has 5 rings (SSSR count). The predicted octanol–water partition coefficient (Wildman–Crippen LogP) is 5.47. The van der Waals surface area contributed by atoms with E-state index in [0.717, 1.165) is 15.9 Å². The summed E-state index contributed by atoms with van der Waals surface area (Å²) < 4.78 is 58.1. The monoisotopic (exact) mass is 630 g/mol. The zero-order valence-corrected chi connectivity index (χ0v) is 23.4. The van der Waals surface area contributed by atoms with Gasteiger partial charge in [0.05, 0.1) is 0 Å². The smallest absolute Gasteiger partial charge is 0.387 e. The zero-order chi connectivity index (χ0) is 31.6. The molecule has 0 radical (unpaired) electrons. The molecule has 10 nitrogen and oxygen atoms in total. The highest BCUT2D eigenvalue weighted by Gasteiger charge is 2.49. The highest BCUT2D eigenvalue weighted by Crippen LogP contribution is 2.40. The van der Waals surface area contributed by atoms with Crippen molar-refractivity contribution >= 4 is 46.8 Å². The van der Waals surface area contributed by atoms with E-state index in [-0.39, 0.29) is 46.6 Å². The molecule has 44 heavy (non-hydrogen) atoms. The Labute approximate surface area is 253 Å². The number of alkyl halides is 4. The number of amides is 3. The summed E-state index contributed by atoms with van der Waals surface area (Å²) in [5.41, 5.74) is 0.0238. The van der Waals surface area contributed by atoms with Gasteiger partial charge >= 0.3 is 12.6 Å². The largest absolute Gasteiger partial charge is 0.435 e. The third kappa shape index (κ3) is 6.42. The molecule has 1 saturated heterocycles. The van der Waals surface area contributed by atoms with E-state index in [4.69, 9.17) is 18.2 Å². The molecule has 0 unspecified atom stereocenters. The summed E-state index contributed by atoms with van der Waals surface area (Å²) in [5.74, 6) is -5.84. The van der Waals surface area contributed by atoms with Gasteiger partial charge in [0.1, 0.15) is 17.8 Å². The van der Waals surface area contributed by atoms with Crippen LogP contribution in [0.15, 0.2) is 60.8 Å². The summed E-state index contributed by atoms with van der Waals surface area (Å²) in [7, 11) is 0. The highest BCUT2D eigenvalue weighted by atomic mass is 35.5. The lowest BCUT2D eigenvalue weighted by atomic mass is 9.87. The lowest BCUT2D eigenvalue weighted by Crippen LogP contribution is -2.56. The van der Waals surface area contributed by atoms with E-state index in [9.17, 15) is 31.9 Å². The van der Waals surface area contributed by atoms with Crippen molar-refractivity contribution in [2.24, 2.45) is 0 Å². The number of nitrogens with one attached hydrogen (secondary N) is 1. The number of rotatable bonds is 9. The molecule has 2 atom stereocenters. The van der Waals surface area contributed by atoms with Crippen LogP contribution in [-0.2, 0) is 14.4 Å². The van der Waals surface area contributed by atoms with Crippen LogP contribution in [0.1, 0.15) is 37.3 Å². The highest BCUT2D eigenvalue weighted by molar-refractivity contribution is 6.31. The molecule has 2 heterocycles. The molecule has 3 amide bonds. The van der Waals surface area contributed by atoms with E-state index < -0.39 is 61.2 Å². The molecule has 0 bridgehead atoms. The lowest BCUT2D eigenvalue weighted by Gasteiger charge is -2.39. The normalized spacial score (nSPS) is 18.3. The van der Waals surface area contributed by atoms with Crippen LogP contribution in [0.5, 0.6) is 5.75 Å². The summed E-state index contributed by atoms with van der Waals surface area (Å²) in [6.45, 7) is 4.05. The van der Waals surface area contributed by atoms with E-state index in [1.54, 1.807) is 12.1 Å². The van der Waals surface area contributed by atoms with Crippen molar-refractivity contribution in [3.05, 3.63) is 82.8 Å². The number of hydrogen-bond acceptors (Lipinski definition) is 6. The molecule has 2 aliphatic rings. The van der Waals surface area contributed by atoms with Crippen molar-refractivity contribution in [2.75, 3.05) is 9.80 Å². The topological polar surface area (TPSA) is 109 Å². The lowest BCUT2D eigenvalue weighted by molar-refractivity contribution is -0.133.